The van der Waals surface area contributed by atoms with E-state index in [2.05, 4.69) is 31.3 Å². The average molecular weight is 453 g/mol. The molecule has 0 radical (unpaired) electrons. The SMILES string of the molecule is CN[C@@]12CC[C@]34c5c1ccc(OC(C)=O)c5O[C@H]3[C@@H](OC(=O)N1CCC[C@H]1C)C=C[C@H]4C2C. The van der Waals surface area contributed by atoms with Crippen molar-refractivity contribution in [2.24, 2.45) is 11.8 Å². The lowest BCUT2D eigenvalue weighted by Gasteiger charge is -2.62. The van der Waals surface area contributed by atoms with E-state index in [1.807, 2.05) is 24.1 Å². The van der Waals surface area contributed by atoms with Gasteiger partial charge in [-0.15, -0.1) is 0 Å². The molecule has 7 heteroatoms. The molecule has 2 bridgehead atoms. The molecule has 1 aromatic carbocycles. The highest BCUT2D eigenvalue weighted by atomic mass is 16.6. The molecule has 2 heterocycles. The first-order valence-corrected chi connectivity index (χ1v) is 12.2. The number of carbonyl (C=O) groups excluding carboxylic acids is 2. The molecule has 6 aliphatic rings. The molecule has 2 fully saturated rings. The largest absolute Gasteiger partial charge is 0.481 e. The minimum Gasteiger partial charge on any atom is -0.481 e. The maximum absolute atomic E-state index is 13.1. The first-order valence-electron chi connectivity index (χ1n) is 12.2. The van der Waals surface area contributed by atoms with Crippen LogP contribution in [0.5, 0.6) is 11.5 Å². The molecule has 176 valence electrons. The molecular formula is C26H32N2O5. The van der Waals surface area contributed by atoms with Crippen LogP contribution in [0.3, 0.4) is 0 Å². The van der Waals surface area contributed by atoms with E-state index in [0.717, 1.165) is 37.8 Å². The van der Waals surface area contributed by atoms with Gasteiger partial charge in [0.1, 0.15) is 6.10 Å². The Balaban J connectivity index is 1.46. The van der Waals surface area contributed by atoms with E-state index in [1.54, 1.807) is 0 Å². The summed E-state index contributed by atoms with van der Waals surface area (Å²) in [6.07, 6.45) is 7.10. The molecule has 1 amide bonds. The van der Waals surface area contributed by atoms with Gasteiger partial charge in [0.25, 0.3) is 0 Å². The Morgan fingerprint density at radius 3 is 2.73 bits per heavy atom. The number of nitrogens with one attached hydrogen (secondary N) is 1. The van der Waals surface area contributed by atoms with Gasteiger partial charge in [-0.1, -0.05) is 19.1 Å². The zero-order valence-electron chi connectivity index (χ0n) is 19.7. The number of hydrogen-bond donors (Lipinski definition) is 1. The predicted molar refractivity (Wildman–Crippen MR) is 121 cm³/mol. The lowest BCUT2D eigenvalue weighted by molar-refractivity contribution is -0.132. The average Bonchev–Trinajstić information content (AvgIpc) is 3.38. The number of fused-ring (bicyclic) bond motifs is 1. The van der Waals surface area contributed by atoms with Crippen LogP contribution in [0, 0.1) is 11.8 Å². The van der Waals surface area contributed by atoms with Crippen LogP contribution < -0.4 is 14.8 Å². The minimum absolute atomic E-state index is 0.164. The molecular weight excluding hydrogens is 420 g/mol. The maximum Gasteiger partial charge on any atom is 0.410 e. The molecule has 7 rings (SSSR count). The summed E-state index contributed by atoms with van der Waals surface area (Å²) in [5, 5.41) is 3.64. The topological polar surface area (TPSA) is 77.1 Å². The van der Waals surface area contributed by atoms with Crippen molar-refractivity contribution in [1.29, 1.82) is 0 Å². The van der Waals surface area contributed by atoms with Crippen molar-refractivity contribution in [1.82, 2.24) is 10.2 Å². The number of nitrogens with zero attached hydrogens (tertiary/aromatic N) is 1. The molecule has 1 aromatic rings. The van der Waals surface area contributed by atoms with Gasteiger partial charge >= 0.3 is 12.1 Å². The molecule has 1 saturated heterocycles. The van der Waals surface area contributed by atoms with Crippen LogP contribution in [0.1, 0.15) is 57.6 Å². The van der Waals surface area contributed by atoms with Crippen LogP contribution in [0.4, 0.5) is 4.79 Å². The summed E-state index contributed by atoms with van der Waals surface area (Å²) in [4.78, 5) is 26.7. The van der Waals surface area contributed by atoms with E-state index in [1.165, 1.54) is 12.5 Å². The third kappa shape index (κ3) is 2.54. The Labute approximate surface area is 194 Å². The highest BCUT2D eigenvalue weighted by Gasteiger charge is 2.70. The molecule has 4 aliphatic carbocycles. The van der Waals surface area contributed by atoms with Gasteiger partial charge < -0.3 is 24.4 Å². The molecule has 1 spiro atoms. The van der Waals surface area contributed by atoms with E-state index in [9.17, 15) is 9.59 Å². The number of likely N-dealkylation sites (tertiary alicyclic amines) is 1. The summed E-state index contributed by atoms with van der Waals surface area (Å²) < 4.78 is 18.3. The number of ether oxygens (including phenoxy) is 3. The van der Waals surface area contributed by atoms with Crippen molar-refractivity contribution in [2.75, 3.05) is 13.6 Å². The first kappa shape index (κ1) is 21.0. The summed E-state index contributed by atoms with van der Waals surface area (Å²) in [5.41, 5.74) is 1.90. The molecule has 1 N–H and O–H groups in total. The smallest absolute Gasteiger partial charge is 0.410 e. The van der Waals surface area contributed by atoms with Gasteiger partial charge in [-0.3, -0.25) is 4.79 Å². The minimum atomic E-state index is -0.487. The quantitative estimate of drug-likeness (QED) is 0.429. The zero-order chi connectivity index (χ0) is 23.1. The number of hydrogen-bond acceptors (Lipinski definition) is 6. The normalized spacial score (nSPS) is 39.3. The molecule has 1 saturated carbocycles. The van der Waals surface area contributed by atoms with E-state index in [0.29, 0.717) is 17.4 Å². The third-order valence-electron chi connectivity index (χ3n) is 9.19. The van der Waals surface area contributed by atoms with Gasteiger partial charge in [-0.2, -0.15) is 0 Å². The second-order valence-electron chi connectivity index (χ2n) is 10.4. The zero-order valence-corrected chi connectivity index (χ0v) is 19.7. The summed E-state index contributed by atoms with van der Waals surface area (Å²) in [7, 11) is 2.03. The van der Waals surface area contributed by atoms with Crippen molar-refractivity contribution < 1.29 is 23.8 Å². The Bertz CT molecular complexity index is 1070. The van der Waals surface area contributed by atoms with Gasteiger partial charge in [0.15, 0.2) is 17.6 Å². The predicted octanol–water partition coefficient (Wildman–Crippen LogP) is 3.64. The van der Waals surface area contributed by atoms with Gasteiger partial charge in [-0.05, 0) is 69.2 Å². The van der Waals surface area contributed by atoms with Crippen molar-refractivity contribution >= 4 is 12.1 Å². The second-order valence-corrected chi connectivity index (χ2v) is 10.4. The molecule has 2 aliphatic heterocycles. The Hall–Kier alpha value is -2.54. The number of carbonyl (C=O) groups is 2. The third-order valence-corrected chi connectivity index (χ3v) is 9.19. The second kappa shape index (κ2) is 6.98. The van der Waals surface area contributed by atoms with Crippen molar-refractivity contribution in [2.45, 2.75) is 75.7 Å². The number of rotatable bonds is 3. The Morgan fingerprint density at radius 2 is 2.03 bits per heavy atom. The Kier molecular flexibility index (Phi) is 4.45. The molecule has 33 heavy (non-hydrogen) atoms. The van der Waals surface area contributed by atoms with Crippen LogP contribution >= 0.6 is 0 Å². The first-order chi connectivity index (χ1) is 15.8. The van der Waals surface area contributed by atoms with Gasteiger partial charge in [0, 0.05) is 36.0 Å². The van der Waals surface area contributed by atoms with Crippen molar-refractivity contribution in [3.05, 3.63) is 35.4 Å². The fourth-order valence-corrected chi connectivity index (χ4v) is 7.68. The molecule has 1 unspecified atom stereocenters. The van der Waals surface area contributed by atoms with Gasteiger partial charge in [-0.25, -0.2) is 4.79 Å². The fourth-order valence-electron chi connectivity index (χ4n) is 7.68. The molecule has 7 atom stereocenters. The van der Waals surface area contributed by atoms with Gasteiger partial charge in [0.05, 0.1) is 0 Å². The van der Waals surface area contributed by atoms with Crippen LogP contribution in [-0.4, -0.2) is 48.8 Å². The summed E-state index contributed by atoms with van der Waals surface area (Å²) >= 11 is 0. The highest BCUT2D eigenvalue weighted by molar-refractivity contribution is 5.73. The van der Waals surface area contributed by atoms with E-state index >= 15 is 0 Å². The van der Waals surface area contributed by atoms with Gasteiger partial charge in [0.2, 0.25) is 0 Å². The number of allylic oxidation sites excluding steroid dienone is 1. The van der Waals surface area contributed by atoms with Crippen molar-refractivity contribution in [3.63, 3.8) is 0 Å². The lowest BCUT2D eigenvalue weighted by Crippen LogP contribution is -2.67. The standard InChI is InChI=1S/C26H32N2O5/c1-14-6-5-13-28(14)24(30)32-20-10-7-17-15(2)26(27-4)12-11-25(17)21-18(26)8-9-19(31-16(3)29)22(21)33-23(20)25/h7-10,14-15,17,20,23,27H,5-6,11-13H2,1-4H3/t14-,15?,17+,20+,23+,25+,26-/m1/s1. The number of benzene rings is 1. The molecule has 7 nitrogen and oxygen atoms in total. The van der Waals surface area contributed by atoms with Crippen LogP contribution in [0.15, 0.2) is 24.3 Å². The van der Waals surface area contributed by atoms with Crippen LogP contribution in [0.2, 0.25) is 0 Å². The Morgan fingerprint density at radius 1 is 1.21 bits per heavy atom. The number of amides is 1. The molecule has 0 aromatic heterocycles. The van der Waals surface area contributed by atoms with Crippen LogP contribution in [0.25, 0.3) is 0 Å². The monoisotopic (exact) mass is 452 g/mol. The van der Waals surface area contributed by atoms with E-state index < -0.39 is 6.10 Å². The van der Waals surface area contributed by atoms with E-state index in [-0.39, 0.29) is 41.1 Å². The van der Waals surface area contributed by atoms with E-state index in [4.69, 9.17) is 14.2 Å². The summed E-state index contributed by atoms with van der Waals surface area (Å²) in [6.45, 7) is 6.52. The number of esters is 1. The highest BCUT2D eigenvalue weighted by Crippen LogP contribution is 2.70. The lowest BCUT2D eigenvalue weighted by atomic mass is 9.43. The fraction of sp³-hybridized carbons (Fsp3) is 0.615. The summed E-state index contributed by atoms with van der Waals surface area (Å²) in [6, 6.07) is 4.14. The van der Waals surface area contributed by atoms with Crippen LogP contribution in [-0.2, 0) is 20.5 Å². The summed E-state index contributed by atoms with van der Waals surface area (Å²) in [5.74, 6) is 1.30. The maximum atomic E-state index is 13.1. The van der Waals surface area contributed by atoms with Crippen molar-refractivity contribution in [3.8, 4) is 11.5 Å².